The third-order valence-electron chi connectivity index (χ3n) is 2.29. The second kappa shape index (κ2) is 5.36. The van der Waals surface area contributed by atoms with E-state index in [1.165, 1.54) is 6.07 Å². The van der Waals surface area contributed by atoms with Gasteiger partial charge in [-0.2, -0.15) is 0 Å². The summed E-state index contributed by atoms with van der Waals surface area (Å²) >= 11 is 12.7. The van der Waals surface area contributed by atoms with Crippen molar-refractivity contribution in [1.82, 2.24) is 5.32 Å². The van der Waals surface area contributed by atoms with E-state index < -0.39 is 5.60 Å². The highest BCUT2D eigenvalue weighted by atomic mass is 35.5. The van der Waals surface area contributed by atoms with Gasteiger partial charge in [-0.05, 0) is 19.4 Å². The molecule has 1 unspecified atom stereocenters. The molecule has 1 atom stereocenters. The van der Waals surface area contributed by atoms with Crippen LogP contribution in [0, 0.1) is 0 Å². The van der Waals surface area contributed by atoms with Gasteiger partial charge in [0.25, 0.3) is 5.91 Å². The molecule has 0 saturated heterocycles. The molecule has 0 aliphatic carbocycles. The van der Waals surface area contributed by atoms with Crippen molar-refractivity contribution in [3.8, 4) is 0 Å². The van der Waals surface area contributed by atoms with Gasteiger partial charge in [0.1, 0.15) is 4.34 Å². The van der Waals surface area contributed by atoms with Crippen LogP contribution in [0.1, 0.15) is 30.6 Å². The third-order valence-corrected chi connectivity index (χ3v) is 3.78. The molecule has 0 bridgehead atoms. The van der Waals surface area contributed by atoms with E-state index in [1.54, 1.807) is 6.92 Å². The zero-order valence-electron chi connectivity index (χ0n) is 9.01. The average molecular weight is 282 g/mol. The van der Waals surface area contributed by atoms with Crippen LogP contribution in [-0.2, 0) is 0 Å². The van der Waals surface area contributed by atoms with Crippen molar-refractivity contribution in [2.24, 2.45) is 0 Å². The van der Waals surface area contributed by atoms with E-state index in [-0.39, 0.29) is 12.5 Å². The summed E-state index contributed by atoms with van der Waals surface area (Å²) in [6.07, 6.45) is 0.561. The van der Waals surface area contributed by atoms with Crippen molar-refractivity contribution in [3.63, 3.8) is 0 Å². The molecule has 0 aliphatic heterocycles. The first-order chi connectivity index (χ1) is 7.35. The molecular weight excluding hydrogens is 269 g/mol. The van der Waals surface area contributed by atoms with Crippen molar-refractivity contribution in [2.45, 2.75) is 25.9 Å². The maximum absolute atomic E-state index is 11.7. The van der Waals surface area contributed by atoms with E-state index in [9.17, 15) is 9.90 Å². The van der Waals surface area contributed by atoms with Gasteiger partial charge in [0, 0.05) is 6.54 Å². The summed E-state index contributed by atoms with van der Waals surface area (Å²) in [5, 5.41) is 12.3. The normalized spacial score (nSPS) is 14.6. The molecule has 3 nitrogen and oxygen atoms in total. The van der Waals surface area contributed by atoms with Crippen molar-refractivity contribution in [1.29, 1.82) is 0 Å². The number of aliphatic hydroxyl groups is 1. The highest BCUT2D eigenvalue weighted by Crippen LogP contribution is 2.30. The van der Waals surface area contributed by atoms with Gasteiger partial charge in [-0.1, -0.05) is 30.1 Å². The van der Waals surface area contributed by atoms with Crippen molar-refractivity contribution >= 4 is 40.4 Å². The van der Waals surface area contributed by atoms with E-state index in [4.69, 9.17) is 23.2 Å². The highest BCUT2D eigenvalue weighted by molar-refractivity contribution is 7.20. The minimum atomic E-state index is -0.901. The van der Waals surface area contributed by atoms with Crippen LogP contribution >= 0.6 is 34.5 Å². The minimum absolute atomic E-state index is 0.187. The van der Waals surface area contributed by atoms with Crippen LogP contribution in [0.2, 0.25) is 8.67 Å². The first kappa shape index (κ1) is 13.8. The summed E-state index contributed by atoms with van der Waals surface area (Å²) in [7, 11) is 0. The Kier molecular flexibility index (Phi) is 4.62. The standard InChI is InChI=1S/C10H13Cl2NO2S/c1-3-10(2,15)5-13-9(14)6-4-7(11)16-8(6)12/h4,15H,3,5H2,1-2H3,(H,13,14). The van der Waals surface area contributed by atoms with E-state index in [0.717, 1.165) is 11.3 Å². The maximum atomic E-state index is 11.7. The first-order valence-electron chi connectivity index (χ1n) is 4.81. The van der Waals surface area contributed by atoms with Gasteiger partial charge >= 0.3 is 0 Å². The molecule has 0 spiro atoms. The topological polar surface area (TPSA) is 49.3 Å². The van der Waals surface area contributed by atoms with E-state index in [1.807, 2.05) is 6.92 Å². The number of carbonyl (C=O) groups is 1. The first-order valence-corrected chi connectivity index (χ1v) is 6.38. The molecule has 16 heavy (non-hydrogen) atoms. The molecule has 1 amide bonds. The Morgan fingerprint density at radius 2 is 2.25 bits per heavy atom. The predicted octanol–water partition coefficient (Wildman–Crippen LogP) is 2.95. The lowest BCUT2D eigenvalue weighted by molar-refractivity contribution is 0.0518. The van der Waals surface area contributed by atoms with Crippen LogP contribution in [0.4, 0.5) is 0 Å². The van der Waals surface area contributed by atoms with E-state index in [0.29, 0.717) is 20.7 Å². The van der Waals surface area contributed by atoms with Gasteiger partial charge in [-0.15, -0.1) is 11.3 Å². The molecule has 0 fully saturated rings. The molecule has 1 aromatic rings. The summed E-state index contributed by atoms with van der Waals surface area (Å²) < 4.78 is 0.830. The average Bonchev–Trinajstić information content (AvgIpc) is 2.54. The van der Waals surface area contributed by atoms with Gasteiger partial charge in [-0.25, -0.2) is 0 Å². The number of carbonyl (C=O) groups excluding carboxylic acids is 1. The fourth-order valence-electron chi connectivity index (χ4n) is 0.986. The number of halogens is 2. The number of thiophene rings is 1. The maximum Gasteiger partial charge on any atom is 0.253 e. The lowest BCUT2D eigenvalue weighted by atomic mass is 10.0. The number of nitrogens with one attached hydrogen (secondary N) is 1. The lowest BCUT2D eigenvalue weighted by Crippen LogP contribution is -2.40. The fourth-order valence-corrected chi connectivity index (χ4v) is 2.44. The number of amides is 1. The molecular formula is C10H13Cl2NO2S. The zero-order valence-corrected chi connectivity index (χ0v) is 11.3. The second-order valence-electron chi connectivity index (χ2n) is 3.77. The fraction of sp³-hybridized carbons (Fsp3) is 0.500. The molecule has 1 aromatic heterocycles. The molecule has 1 rings (SSSR count). The molecule has 0 aromatic carbocycles. The van der Waals surface area contributed by atoms with Gasteiger partial charge in [0.2, 0.25) is 0 Å². The van der Waals surface area contributed by atoms with Gasteiger partial charge < -0.3 is 10.4 Å². The number of hydrogen-bond donors (Lipinski definition) is 2. The Morgan fingerprint density at radius 3 is 2.69 bits per heavy atom. The predicted molar refractivity (Wildman–Crippen MR) is 67.6 cm³/mol. The van der Waals surface area contributed by atoms with Crippen LogP contribution in [0.5, 0.6) is 0 Å². The lowest BCUT2D eigenvalue weighted by Gasteiger charge is -2.21. The van der Waals surface area contributed by atoms with Crippen LogP contribution in [-0.4, -0.2) is 23.2 Å². The number of rotatable bonds is 4. The monoisotopic (exact) mass is 281 g/mol. The quantitative estimate of drug-likeness (QED) is 0.892. The van der Waals surface area contributed by atoms with Crippen molar-refractivity contribution in [3.05, 3.63) is 20.3 Å². The summed E-state index contributed by atoms with van der Waals surface area (Å²) in [5.41, 5.74) is -0.550. The van der Waals surface area contributed by atoms with E-state index >= 15 is 0 Å². The van der Waals surface area contributed by atoms with Crippen LogP contribution in [0.15, 0.2) is 6.07 Å². The molecule has 1 heterocycles. The summed E-state index contributed by atoms with van der Waals surface area (Å²) in [5.74, 6) is -0.318. The molecule has 0 radical (unpaired) electrons. The van der Waals surface area contributed by atoms with Crippen LogP contribution < -0.4 is 5.32 Å². The Morgan fingerprint density at radius 1 is 1.62 bits per heavy atom. The molecule has 0 aliphatic rings. The van der Waals surface area contributed by atoms with Gasteiger partial charge in [0.05, 0.1) is 15.5 Å². The van der Waals surface area contributed by atoms with E-state index in [2.05, 4.69) is 5.32 Å². The number of hydrogen-bond acceptors (Lipinski definition) is 3. The SMILES string of the molecule is CCC(C)(O)CNC(=O)c1cc(Cl)sc1Cl. The smallest absolute Gasteiger partial charge is 0.253 e. The Bertz CT molecular complexity index is 390. The summed E-state index contributed by atoms with van der Waals surface area (Å²) in [6.45, 7) is 3.70. The summed E-state index contributed by atoms with van der Waals surface area (Å²) in [4.78, 5) is 11.7. The minimum Gasteiger partial charge on any atom is -0.388 e. The Balaban J connectivity index is 2.63. The van der Waals surface area contributed by atoms with Crippen LogP contribution in [0.3, 0.4) is 0 Å². The van der Waals surface area contributed by atoms with Crippen LogP contribution in [0.25, 0.3) is 0 Å². The summed E-state index contributed by atoms with van der Waals surface area (Å²) in [6, 6.07) is 1.52. The second-order valence-corrected chi connectivity index (χ2v) is 6.06. The molecule has 2 N–H and O–H groups in total. The highest BCUT2D eigenvalue weighted by Gasteiger charge is 2.20. The Hall–Kier alpha value is -0.290. The zero-order chi connectivity index (χ0) is 12.3. The molecule has 0 saturated carbocycles. The Labute approximate surface area is 108 Å². The van der Waals surface area contributed by atoms with Gasteiger partial charge in [0.15, 0.2) is 0 Å². The van der Waals surface area contributed by atoms with Crippen molar-refractivity contribution < 1.29 is 9.90 Å². The largest absolute Gasteiger partial charge is 0.388 e. The molecule has 6 heteroatoms. The molecule has 90 valence electrons. The third kappa shape index (κ3) is 3.63. The van der Waals surface area contributed by atoms with Crippen molar-refractivity contribution in [2.75, 3.05) is 6.54 Å². The van der Waals surface area contributed by atoms with Gasteiger partial charge in [-0.3, -0.25) is 4.79 Å².